The minimum absolute atomic E-state index is 0.0775. The van der Waals surface area contributed by atoms with Gasteiger partial charge in [-0.2, -0.15) is 5.26 Å². The van der Waals surface area contributed by atoms with Gasteiger partial charge in [0.2, 0.25) is 5.69 Å². The van der Waals surface area contributed by atoms with Crippen molar-refractivity contribution >= 4 is 49.3 Å². The monoisotopic (exact) mass is 620 g/mol. The maximum atomic E-state index is 10.8. The van der Waals surface area contributed by atoms with Crippen LogP contribution in [0.15, 0.2) is 157 Å². The number of benzene rings is 7. The van der Waals surface area contributed by atoms with Crippen LogP contribution in [-0.2, 0) is 0 Å². The Morgan fingerprint density at radius 1 is 0.521 bits per heavy atom. The van der Waals surface area contributed by atoms with Gasteiger partial charge in [0.05, 0.1) is 65.4 Å². The Kier molecular flexibility index (Phi) is 4.29. The number of nitriles is 1. The van der Waals surface area contributed by atoms with E-state index in [2.05, 4.69) is 10.9 Å². The number of aromatic nitrogens is 2. The van der Waals surface area contributed by atoms with E-state index >= 15 is 0 Å². The van der Waals surface area contributed by atoms with Gasteiger partial charge in [0.25, 0.3) is 0 Å². The zero-order chi connectivity index (χ0) is 40.9. The first-order valence-electron chi connectivity index (χ1n) is 20.1. The zero-order valence-electron chi connectivity index (χ0n) is 35.0. The molecule has 0 unspecified atom stereocenters. The minimum Gasteiger partial charge on any atom is -0.319 e. The van der Waals surface area contributed by atoms with Crippen LogP contribution < -0.4 is 0 Å². The van der Waals surface area contributed by atoms with Crippen LogP contribution in [0.4, 0.5) is 5.69 Å². The molecule has 0 aliphatic carbocycles. The summed E-state index contributed by atoms with van der Waals surface area (Å²) in [4.78, 5) is 3.95. The van der Waals surface area contributed by atoms with Crippen LogP contribution in [0.2, 0.25) is 0 Å². The van der Waals surface area contributed by atoms with E-state index in [-0.39, 0.29) is 46.5 Å². The van der Waals surface area contributed by atoms with E-state index in [0.29, 0.717) is 33.5 Å². The molecule has 4 nitrogen and oxygen atoms in total. The summed E-state index contributed by atoms with van der Waals surface area (Å²) in [6.45, 7) is 8.44. The highest BCUT2D eigenvalue weighted by atomic mass is 15.0. The summed E-state index contributed by atoms with van der Waals surface area (Å²) in [6, 6.07) is 27.6. The molecule has 0 atom stereocenters. The first kappa shape index (κ1) is 18.9. The van der Waals surface area contributed by atoms with E-state index in [1.165, 1.54) is 0 Å². The highest BCUT2D eigenvalue weighted by Gasteiger charge is 2.23. The van der Waals surface area contributed by atoms with Crippen LogP contribution >= 0.6 is 0 Å². The molecular formula is C44H26N4. The first-order chi connectivity index (χ1) is 27.9. The van der Waals surface area contributed by atoms with Crippen molar-refractivity contribution in [2.45, 2.75) is 0 Å². The number of para-hydroxylation sites is 2. The summed E-state index contributed by atoms with van der Waals surface area (Å²) < 4.78 is 87.0. The third kappa shape index (κ3) is 4.07. The van der Waals surface area contributed by atoms with Gasteiger partial charge in [-0.15, -0.1) is 0 Å². The molecule has 0 spiro atoms. The second kappa shape index (κ2) is 10.9. The summed E-state index contributed by atoms with van der Waals surface area (Å²) in [6.07, 6.45) is 0. The van der Waals surface area contributed by atoms with Gasteiger partial charge in [-0.25, -0.2) is 4.85 Å². The Balaban J connectivity index is 1.27. The number of nitrogens with zero attached hydrogens (tertiary/aromatic N) is 4. The van der Waals surface area contributed by atoms with E-state index in [1.807, 2.05) is 57.7 Å². The van der Waals surface area contributed by atoms with Gasteiger partial charge >= 0.3 is 0 Å². The van der Waals surface area contributed by atoms with Gasteiger partial charge in [-0.05, 0) is 70.8 Å². The SMILES string of the molecule is [2H]c1c([2H])c([2H])c(-c2ccc3c(c2)c2ccccc2n3-c2ccc(-n3c4ccccc4c4cc(-c5c([2H])c([2H])c([2H])c([2H])c5[2H])ccc43)c([N+]#[C-])c2C#N)c([2H])c1[2H]. The standard InChI is InChI=1S/C44H26N4/c1-46-44-37(28-45)42(47-38-18-10-8-16-33(38)35-26-31(20-22-40(35)47)29-12-4-2-5-13-29)24-25-43(44)48-39-19-11-9-17-34(39)36-27-32(21-23-41(36)48)30-14-6-3-7-15-30/h2-27H/i2D,3D,4D,5D,6D,7D,12D,13D,14D,15D. The molecule has 0 aliphatic rings. The predicted octanol–water partition coefficient (Wildman–Crippen LogP) is 11.6. The fourth-order valence-corrected chi connectivity index (χ4v) is 6.72. The molecule has 4 heteroatoms. The third-order valence-corrected chi connectivity index (χ3v) is 8.76. The van der Waals surface area contributed by atoms with Crippen LogP contribution in [0.3, 0.4) is 0 Å². The highest BCUT2D eigenvalue weighted by molar-refractivity contribution is 6.12. The summed E-state index contributed by atoms with van der Waals surface area (Å²) >= 11 is 0. The second-order valence-corrected chi connectivity index (χ2v) is 11.2. The van der Waals surface area contributed by atoms with Crippen LogP contribution in [0.1, 0.15) is 19.3 Å². The van der Waals surface area contributed by atoms with Crippen LogP contribution in [0, 0.1) is 17.9 Å². The summed E-state index contributed by atoms with van der Waals surface area (Å²) in [5, 5.41) is 13.9. The maximum Gasteiger partial charge on any atom is 0.230 e. The summed E-state index contributed by atoms with van der Waals surface area (Å²) in [5.74, 6) is 0. The van der Waals surface area contributed by atoms with Crippen LogP contribution in [-0.4, -0.2) is 9.13 Å². The van der Waals surface area contributed by atoms with Crippen molar-refractivity contribution in [3.05, 3.63) is 174 Å². The Morgan fingerprint density at radius 3 is 1.48 bits per heavy atom. The molecular weight excluding hydrogens is 585 g/mol. The molecule has 9 rings (SSSR count). The van der Waals surface area contributed by atoms with Gasteiger partial charge in [-0.1, -0.05) is 109 Å². The molecule has 0 fully saturated rings. The van der Waals surface area contributed by atoms with Gasteiger partial charge in [0.1, 0.15) is 0 Å². The lowest BCUT2D eigenvalue weighted by molar-refractivity contribution is 1.14. The molecule has 7 aromatic carbocycles. The molecule has 222 valence electrons. The van der Waals surface area contributed by atoms with E-state index in [0.717, 1.165) is 32.6 Å². The highest BCUT2D eigenvalue weighted by Crippen LogP contribution is 2.42. The van der Waals surface area contributed by atoms with Gasteiger partial charge in [0.15, 0.2) is 0 Å². The van der Waals surface area contributed by atoms with E-state index in [9.17, 15) is 5.26 Å². The zero-order valence-corrected chi connectivity index (χ0v) is 25.0. The lowest BCUT2D eigenvalue weighted by atomic mass is 10.0. The van der Waals surface area contributed by atoms with Crippen LogP contribution in [0.25, 0.3) is 82.1 Å². The smallest absolute Gasteiger partial charge is 0.230 e. The Bertz CT molecular complexity index is 3110. The molecule has 0 saturated heterocycles. The Hall–Kier alpha value is -6.88. The lowest BCUT2D eigenvalue weighted by Crippen LogP contribution is -2.02. The van der Waals surface area contributed by atoms with Crippen molar-refractivity contribution in [2.24, 2.45) is 0 Å². The molecule has 0 N–H and O–H groups in total. The fraction of sp³-hybridized carbons (Fsp3) is 0. The van der Waals surface area contributed by atoms with Gasteiger partial charge in [-0.3, -0.25) is 0 Å². The molecule has 0 aliphatic heterocycles. The van der Waals surface area contributed by atoms with Gasteiger partial charge < -0.3 is 9.13 Å². The van der Waals surface area contributed by atoms with E-state index < -0.39 is 36.3 Å². The van der Waals surface area contributed by atoms with Crippen LogP contribution in [0.5, 0.6) is 0 Å². The van der Waals surface area contributed by atoms with Crippen molar-refractivity contribution in [2.75, 3.05) is 0 Å². The molecule has 0 amide bonds. The average molecular weight is 621 g/mol. The molecule has 2 heterocycles. The number of hydrogen-bond donors (Lipinski definition) is 0. The molecule has 9 aromatic rings. The van der Waals surface area contributed by atoms with E-state index in [1.54, 1.807) is 48.5 Å². The minimum atomic E-state index is -0.474. The normalized spacial score (nSPS) is 14.2. The Labute approximate surface area is 291 Å². The van der Waals surface area contributed by atoms with Crippen molar-refractivity contribution in [1.82, 2.24) is 9.13 Å². The summed E-state index contributed by atoms with van der Waals surface area (Å²) in [7, 11) is 0. The molecule has 0 bridgehead atoms. The largest absolute Gasteiger partial charge is 0.319 e. The van der Waals surface area contributed by atoms with Gasteiger partial charge in [0, 0.05) is 21.5 Å². The molecule has 0 saturated carbocycles. The number of rotatable bonds is 4. The molecule has 48 heavy (non-hydrogen) atoms. The average Bonchev–Trinajstić information content (AvgIpc) is 3.75. The molecule has 2 aromatic heterocycles. The topological polar surface area (TPSA) is 38.0 Å². The quantitative estimate of drug-likeness (QED) is 0.180. The third-order valence-electron chi connectivity index (χ3n) is 8.76. The predicted molar refractivity (Wildman–Crippen MR) is 197 cm³/mol. The van der Waals surface area contributed by atoms with Crippen molar-refractivity contribution in [3.63, 3.8) is 0 Å². The maximum absolute atomic E-state index is 10.8. The van der Waals surface area contributed by atoms with Crippen molar-refractivity contribution in [1.29, 1.82) is 5.26 Å². The number of fused-ring (bicyclic) bond motifs is 6. The fourth-order valence-electron chi connectivity index (χ4n) is 6.72. The lowest BCUT2D eigenvalue weighted by Gasteiger charge is -2.16. The molecule has 0 radical (unpaired) electrons. The van der Waals surface area contributed by atoms with Crippen molar-refractivity contribution < 1.29 is 13.7 Å². The van der Waals surface area contributed by atoms with E-state index in [4.69, 9.17) is 20.3 Å². The van der Waals surface area contributed by atoms with Crippen molar-refractivity contribution in [3.8, 4) is 39.7 Å². The second-order valence-electron chi connectivity index (χ2n) is 11.2. The Morgan fingerprint density at radius 2 is 0.979 bits per heavy atom. The first-order valence-corrected chi connectivity index (χ1v) is 15.1. The number of hydrogen-bond acceptors (Lipinski definition) is 1. The summed E-state index contributed by atoms with van der Waals surface area (Å²) in [5.41, 5.74) is 4.95.